The summed E-state index contributed by atoms with van der Waals surface area (Å²) in [5.74, 6) is -0.398. The van der Waals surface area contributed by atoms with Crippen molar-refractivity contribution in [3.05, 3.63) is 59.6 Å². The molecule has 0 saturated carbocycles. The van der Waals surface area contributed by atoms with Crippen LogP contribution in [0.5, 0.6) is 0 Å². The van der Waals surface area contributed by atoms with E-state index in [0.717, 1.165) is 34.5 Å². The van der Waals surface area contributed by atoms with Crippen LogP contribution in [0.3, 0.4) is 0 Å². The summed E-state index contributed by atoms with van der Waals surface area (Å²) in [4.78, 5) is 17.0. The number of para-hydroxylation sites is 2. The molecular weight excluding hydrogens is 406 g/mol. The molecule has 6 nitrogen and oxygen atoms in total. The number of hydrogen-bond donors (Lipinski definition) is 1. The number of amides is 1. The number of benzene rings is 2. The van der Waals surface area contributed by atoms with Gasteiger partial charge in [-0.15, -0.1) is 11.3 Å². The molecule has 1 aromatic heterocycles. The summed E-state index contributed by atoms with van der Waals surface area (Å²) >= 11 is 1.49. The first-order valence-corrected chi connectivity index (χ1v) is 11.7. The van der Waals surface area contributed by atoms with Gasteiger partial charge in [0.05, 0.1) is 15.9 Å². The first kappa shape index (κ1) is 19.8. The number of anilines is 1. The molecule has 29 heavy (non-hydrogen) atoms. The van der Waals surface area contributed by atoms with Crippen LogP contribution in [-0.2, 0) is 14.8 Å². The van der Waals surface area contributed by atoms with Crippen LogP contribution >= 0.6 is 11.3 Å². The Labute approximate surface area is 173 Å². The molecule has 8 heteroatoms. The predicted octanol–water partition coefficient (Wildman–Crippen LogP) is 4.12. The van der Waals surface area contributed by atoms with Gasteiger partial charge in [-0.2, -0.15) is 4.31 Å². The van der Waals surface area contributed by atoms with Crippen molar-refractivity contribution in [1.82, 2.24) is 9.29 Å². The summed E-state index contributed by atoms with van der Waals surface area (Å²) in [6.45, 7) is 1.03. The molecule has 3 aromatic rings. The highest BCUT2D eigenvalue weighted by molar-refractivity contribution is 7.89. The van der Waals surface area contributed by atoms with Crippen LogP contribution in [0.4, 0.5) is 5.69 Å². The van der Waals surface area contributed by atoms with E-state index in [2.05, 4.69) is 10.3 Å². The van der Waals surface area contributed by atoms with E-state index in [1.165, 1.54) is 27.8 Å². The van der Waals surface area contributed by atoms with Gasteiger partial charge in [0.25, 0.3) is 0 Å². The van der Waals surface area contributed by atoms with Gasteiger partial charge in [-0.25, -0.2) is 13.4 Å². The van der Waals surface area contributed by atoms with Crippen LogP contribution in [0, 0.1) is 0 Å². The summed E-state index contributed by atoms with van der Waals surface area (Å²) in [5.41, 5.74) is 1.17. The molecule has 1 fully saturated rings. The van der Waals surface area contributed by atoms with E-state index in [-0.39, 0.29) is 10.6 Å². The fraction of sp³-hybridized carbons (Fsp3) is 0.238. The van der Waals surface area contributed by atoms with Crippen molar-refractivity contribution in [2.45, 2.75) is 24.2 Å². The molecular formula is C21H21N3O3S2. The molecule has 2 heterocycles. The fourth-order valence-electron chi connectivity index (χ4n) is 3.32. The largest absolute Gasteiger partial charge is 0.321 e. The van der Waals surface area contributed by atoms with Crippen molar-refractivity contribution >= 4 is 49.2 Å². The van der Waals surface area contributed by atoms with Crippen molar-refractivity contribution in [2.75, 3.05) is 18.4 Å². The number of piperidine rings is 1. The normalized spacial score (nSPS) is 15.7. The first-order valence-electron chi connectivity index (χ1n) is 9.48. The molecule has 1 N–H and O–H groups in total. The Kier molecular flexibility index (Phi) is 5.75. The highest BCUT2D eigenvalue weighted by Gasteiger charge is 2.28. The maximum absolute atomic E-state index is 13.0. The zero-order valence-corrected chi connectivity index (χ0v) is 17.4. The van der Waals surface area contributed by atoms with Gasteiger partial charge in [0.2, 0.25) is 15.9 Å². The predicted molar refractivity (Wildman–Crippen MR) is 116 cm³/mol. The Balaban J connectivity index is 1.52. The maximum Gasteiger partial charge on any atom is 0.248 e. The zero-order valence-electron chi connectivity index (χ0n) is 15.7. The third-order valence-electron chi connectivity index (χ3n) is 4.77. The first-order chi connectivity index (χ1) is 14.0. The maximum atomic E-state index is 13.0. The van der Waals surface area contributed by atoms with E-state index in [1.54, 1.807) is 24.3 Å². The molecule has 0 bridgehead atoms. The minimum absolute atomic E-state index is 0.128. The van der Waals surface area contributed by atoms with Crippen molar-refractivity contribution in [1.29, 1.82) is 0 Å². The van der Waals surface area contributed by atoms with Crippen LogP contribution in [0.2, 0.25) is 0 Å². The molecule has 0 atom stereocenters. The van der Waals surface area contributed by atoms with Crippen LogP contribution < -0.4 is 5.32 Å². The SMILES string of the molecule is O=C(/C=C/c1nc2ccccc2s1)Nc1ccccc1S(=O)(=O)N1CCCCC1. The minimum atomic E-state index is -3.64. The fourth-order valence-corrected chi connectivity index (χ4v) is 5.86. The summed E-state index contributed by atoms with van der Waals surface area (Å²) in [6, 6.07) is 14.3. The van der Waals surface area contributed by atoms with Crippen LogP contribution in [-0.4, -0.2) is 36.7 Å². The molecule has 2 aromatic carbocycles. The molecule has 150 valence electrons. The highest BCUT2D eigenvalue weighted by atomic mass is 32.2. The Morgan fingerprint density at radius 3 is 2.55 bits per heavy atom. The second-order valence-corrected chi connectivity index (χ2v) is 9.77. The molecule has 0 unspecified atom stereocenters. The van der Waals surface area contributed by atoms with Crippen molar-refractivity contribution in [3.8, 4) is 0 Å². The lowest BCUT2D eigenvalue weighted by Crippen LogP contribution is -2.36. The Hall–Kier alpha value is -2.55. The quantitative estimate of drug-likeness (QED) is 0.621. The highest BCUT2D eigenvalue weighted by Crippen LogP contribution is 2.27. The Bertz CT molecular complexity index is 1130. The number of sulfonamides is 1. The number of nitrogens with zero attached hydrogens (tertiary/aromatic N) is 2. The topological polar surface area (TPSA) is 79.4 Å². The van der Waals surface area contributed by atoms with E-state index in [1.807, 2.05) is 24.3 Å². The number of hydrogen-bond acceptors (Lipinski definition) is 5. The Morgan fingerprint density at radius 1 is 1.03 bits per heavy atom. The average molecular weight is 428 g/mol. The van der Waals surface area contributed by atoms with E-state index >= 15 is 0 Å². The van der Waals surface area contributed by atoms with Crippen molar-refractivity contribution in [3.63, 3.8) is 0 Å². The van der Waals surface area contributed by atoms with Crippen LogP contribution in [0.25, 0.3) is 16.3 Å². The summed E-state index contributed by atoms with van der Waals surface area (Å²) in [6.07, 6.45) is 5.78. The molecule has 1 aliphatic heterocycles. The van der Waals surface area contributed by atoms with Crippen molar-refractivity contribution in [2.24, 2.45) is 0 Å². The molecule has 1 amide bonds. The van der Waals surface area contributed by atoms with Crippen LogP contribution in [0.15, 0.2) is 59.5 Å². The van der Waals surface area contributed by atoms with Gasteiger partial charge in [0, 0.05) is 19.2 Å². The summed E-state index contributed by atoms with van der Waals surface area (Å²) in [5, 5.41) is 3.42. The number of carbonyl (C=O) groups excluding carboxylic acids is 1. The van der Waals surface area contributed by atoms with Gasteiger partial charge in [0.1, 0.15) is 9.90 Å². The summed E-state index contributed by atoms with van der Waals surface area (Å²) in [7, 11) is -3.64. The number of nitrogens with one attached hydrogen (secondary N) is 1. The van der Waals surface area contributed by atoms with Gasteiger partial charge in [-0.3, -0.25) is 4.79 Å². The lowest BCUT2D eigenvalue weighted by Gasteiger charge is -2.26. The zero-order chi connectivity index (χ0) is 20.3. The number of carbonyl (C=O) groups is 1. The molecule has 1 saturated heterocycles. The van der Waals surface area contributed by atoms with E-state index in [9.17, 15) is 13.2 Å². The monoisotopic (exact) mass is 427 g/mol. The van der Waals surface area contributed by atoms with Crippen molar-refractivity contribution < 1.29 is 13.2 Å². The van der Waals surface area contributed by atoms with E-state index in [4.69, 9.17) is 0 Å². The van der Waals surface area contributed by atoms with Gasteiger partial charge in [-0.05, 0) is 43.2 Å². The van der Waals surface area contributed by atoms with E-state index in [0.29, 0.717) is 13.1 Å². The van der Waals surface area contributed by atoms with Gasteiger partial charge in [-0.1, -0.05) is 30.7 Å². The second kappa shape index (κ2) is 8.44. The smallest absolute Gasteiger partial charge is 0.248 e. The van der Waals surface area contributed by atoms with E-state index < -0.39 is 15.9 Å². The lowest BCUT2D eigenvalue weighted by atomic mass is 10.2. The number of fused-ring (bicyclic) bond motifs is 1. The minimum Gasteiger partial charge on any atom is -0.321 e. The van der Waals surface area contributed by atoms with Gasteiger partial charge >= 0.3 is 0 Å². The molecule has 0 radical (unpaired) electrons. The molecule has 0 aliphatic carbocycles. The third-order valence-corrected chi connectivity index (χ3v) is 7.72. The molecule has 4 rings (SSSR count). The molecule has 0 spiro atoms. The lowest BCUT2D eigenvalue weighted by molar-refractivity contribution is -0.111. The van der Waals surface area contributed by atoms with Crippen LogP contribution in [0.1, 0.15) is 24.3 Å². The number of aromatic nitrogens is 1. The summed E-state index contributed by atoms with van der Waals surface area (Å²) < 4.78 is 28.6. The molecule has 1 aliphatic rings. The van der Waals surface area contributed by atoms with Gasteiger partial charge in [0.15, 0.2) is 0 Å². The third kappa shape index (κ3) is 4.39. The van der Waals surface area contributed by atoms with Gasteiger partial charge < -0.3 is 5.32 Å². The number of rotatable bonds is 5. The standard InChI is InChI=1S/C21H21N3O3S2/c25-20(12-13-21-23-16-8-2-4-10-18(16)28-21)22-17-9-3-5-11-19(17)29(26,27)24-14-6-1-7-15-24/h2-5,8-13H,1,6-7,14-15H2,(H,22,25)/b13-12+. The Morgan fingerprint density at radius 2 is 1.76 bits per heavy atom. The second-order valence-electron chi connectivity index (χ2n) is 6.80. The number of thiazole rings is 1. The average Bonchev–Trinajstić information content (AvgIpc) is 3.16.